The molecule has 15 heavy (non-hydrogen) atoms. The lowest BCUT2D eigenvalue weighted by Crippen LogP contribution is -2.30. The SMILES string of the molecule is CCOC(CN)COc1cnn(CC)c1. The third kappa shape index (κ3) is 3.89. The van der Waals surface area contributed by atoms with Crippen LogP contribution >= 0.6 is 0 Å². The fraction of sp³-hybridized carbons (Fsp3) is 0.700. The summed E-state index contributed by atoms with van der Waals surface area (Å²) in [5.41, 5.74) is 5.53. The summed E-state index contributed by atoms with van der Waals surface area (Å²) >= 11 is 0. The summed E-state index contributed by atoms with van der Waals surface area (Å²) < 4.78 is 12.7. The Morgan fingerprint density at radius 3 is 2.87 bits per heavy atom. The van der Waals surface area contributed by atoms with Crippen LogP contribution in [-0.4, -0.2) is 35.6 Å². The molecule has 1 aromatic rings. The van der Waals surface area contributed by atoms with E-state index < -0.39 is 0 Å². The van der Waals surface area contributed by atoms with E-state index in [1.807, 2.05) is 24.7 Å². The molecule has 0 bridgehead atoms. The van der Waals surface area contributed by atoms with Crippen molar-refractivity contribution >= 4 is 0 Å². The van der Waals surface area contributed by atoms with Crippen LogP contribution in [0.3, 0.4) is 0 Å². The van der Waals surface area contributed by atoms with Crippen LogP contribution in [0, 0.1) is 0 Å². The lowest BCUT2D eigenvalue weighted by Gasteiger charge is -2.14. The van der Waals surface area contributed by atoms with Crippen molar-refractivity contribution in [1.82, 2.24) is 9.78 Å². The van der Waals surface area contributed by atoms with Crippen molar-refractivity contribution in [3.05, 3.63) is 12.4 Å². The molecule has 0 radical (unpaired) electrons. The van der Waals surface area contributed by atoms with E-state index in [-0.39, 0.29) is 6.10 Å². The lowest BCUT2D eigenvalue weighted by atomic mass is 10.4. The Hall–Kier alpha value is -1.07. The minimum Gasteiger partial charge on any atom is -0.488 e. The Morgan fingerprint density at radius 1 is 1.53 bits per heavy atom. The van der Waals surface area contributed by atoms with Gasteiger partial charge in [-0.2, -0.15) is 5.10 Å². The van der Waals surface area contributed by atoms with Crippen molar-refractivity contribution in [1.29, 1.82) is 0 Å². The standard InChI is InChI=1S/C10H19N3O2/c1-3-13-7-10(6-12-13)15-8-9(5-11)14-4-2/h6-7,9H,3-5,8,11H2,1-2H3. The van der Waals surface area contributed by atoms with E-state index in [1.54, 1.807) is 6.20 Å². The number of rotatable bonds is 7. The maximum atomic E-state index is 5.53. The number of aromatic nitrogens is 2. The van der Waals surface area contributed by atoms with E-state index >= 15 is 0 Å². The summed E-state index contributed by atoms with van der Waals surface area (Å²) in [6.07, 6.45) is 3.52. The van der Waals surface area contributed by atoms with Crippen molar-refractivity contribution in [2.24, 2.45) is 5.73 Å². The van der Waals surface area contributed by atoms with Crippen LogP contribution in [0.4, 0.5) is 0 Å². The van der Waals surface area contributed by atoms with Gasteiger partial charge in [0.1, 0.15) is 12.7 Å². The molecule has 5 heteroatoms. The minimum atomic E-state index is -0.0417. The highest BCUT2D eigenvalue weighted by molar-refractivity contribution is 5.11. The zero-order valence-electron chi connectivity index (χ0n) is 9.35. The molecule has 1 atom stereocenters. The Kier molecular flexibility index (Phi) is 5.14. The van der Waals surface area contributed by atoms with Crippen molar-refractivity contribution < 1.29 is 9.47 Å². The summed E-state index contributed by atoms with van der Waals surface area (Å²) in [6, 6.07) is 0. The van der Waals surface area contributed by atoms with Gasteiger partial charge in [0.05, 0.1) is 12.4 Å². The van der Waals surface area contributed by atoms with Crippen LogP contribution < -0.4 is 10.5 Å². The van der Waals surface area contributed by atoms with Gasteiger partial charge in [-0.05, 0) is 13.8 Å². The van der Waals surface area contributed by atoms with Crippen LogP contribution in [-0.2, 0) is 11.3 Å². The number of nitrogens with two attached hydrogens (primary N) is 1. The van der Waals surface area contributed by atoms with Crippen LogP contribution in [0.1, 0.15) is 13.8 Å². The monoisotopic (exact) mass is 213 g/mol. The molecule has 0 aromatic carbocycles. The quantitative estimate of drug-likeness (QED) is 0.722. The van der Waals surface area contributed by atoms with Gasteiger partial charge in [-0.15, -0.1) is 0 Å². The van der Waals surface area contributed by atoms with Crippen LogP contribution in [0.2, 0.25) is 0 Å². The molecule has 0 aliphatic heterocycles. The predicted octanol–water partition coefficient (Wildman–Crippen LogP) is 0.646. The molecule has 0 aliphatic carbocycles. The number of aryl methyl sites for hydroxylation is 1. The normalized spacial score (nSPS) is 12.7. The van der Waals surface area contributed by atoms with Gasteiger partial charge in [0.2, 0.25) is 0 Å². The Morgan fingerprint density at radius 2 is 2.33 bits per heavy atom. The highest BCUT2D eigenvalue weighted by Crippen LogP contribution is 2.08. The molecule has 0 saturated carbocycles. The fourth-order valence-corrected chi connectivity index (χ4v) is 1.20. The van der Waals surface area contributed by atoms with Crippen LogP contribution in [0.5, 0.6) is 5.75 Å². The predicted molar refractivity (Wildman–Crippen MR) is 57.9 cm³/mol. The van der Waals surface area contributed by atoms with Gasteiger partial charge < -0.3 is 15.2 Å². The highest BCUT2D eigenvalue weighted by atomic mass is 16.5. The lowest BCUT2D eigenvalue weighted by molar-refractivity contribution is 0.0337. The summed E-state index contributed by atoms with van der Waals surface area (Å²) in [5.74, 6) is 0.759. The van der Waals surface area contributed by atoms with E-state index in [9.17, 15) is 0 Å². The molecule has 2 N–H and O–H groups in total. The Balaban J connectivity index is 2.34. The third-order valence-corrected chi connectivity index (χ3v) is 2.03. The van der Waals surface area contributed by atoms with E-state index in [4.69, 9.17) is 15.2 Å². The van der Waals surface area contributed by atoms with Gasteiger partial charge in [-0.3, -0.25) is 4.68 Å². The van der Waals surface area contributed by atoms with Gasteiger partial charge in [-0.25, -0.2) is 0 Å². The van der Waals surface area contributed by atoms with E-state index in [0.717, 1.165) is 12.3 Å². The summed E-state index contributed by atoms with van der Waals surface area (Å²) in [7, 11) is 0. The molecule has 1 aromatic heterocycles. The zero-order valence-corrected chi connectivity index (χ0v) is 9.35. The third-order valence-electron chi connectivity index (χ3n) is 2.03. The number of hydrogen-bond acceptors (Lipinski definition) is 4. The molecule has 5 nitrogen and oxygen atoms in total. The Labute approximate surface area is 90.2 Å². The average Bonchev–Trinajstić information content (AvgIpc) is 2.72. The molecule has 1 heterocycles. The van der Waals surface area contributed by atoms with E-state index in [2.05, 4.69) is 5.10 Å². The van der Waals surface area contributed by atoms with Gasteiger partial charge >= 0.3 is 0 Å². The molecule has 1 unspecified atom stereocenters. The second kappa shape index (κ2) is 6.42. The summed E-state index contributed by atoms with van der Waals surface area (Å²) in [6.45, 7) is 6.40. The van der Waals surface area contributed by atoms with Gasteiger partial charge in [-0.1, -0.05) is 0 Å². The second-order valence-corrected chi connectivity index (χ2v) is 3.16. The van der Waals surface area contributed by atoms with Crippen molar-refractivity contribution in [2.45, 2.75) is 26.5 Å². The largest absolute Gasteiger partial charge is 0.488 e. The number of hydrogen-bond donors (Lipinski definition) is 1. The van der Waals surface area contributed by atoms with Crippen LogP contribution in [0.15, 0.2) is 12.4 Å². The maximum absolute atomic E-state index is 5.53. The van der Waals surface area contributed by atoms with Crippen LogP contribution in [0.25, 0.3) is 0 Å². The highest BCUT2D eigenvalue weighted by Gasteiger charge is 2.07. The molecular weight excluding hydrogens is 194 g/mol. The molecule has 0 aliphatic rings. The molecule has 86 valence electrons. The fourth-order valence-electron chi connectivity index (χ4n) is 1.20. The average molecular weight is 213 g/mol. The van der Waals surface area contributed by atoms with Crippen molar-refractivity contribution in [2.75, 3.05) is 19.8 Å². The first-order valence-corrected chi connectivity index (χ1v) is 5.27. The molecule has 0 spiro atoms. The maximum Gasteiger partial charge on any atom is 0.157 e. The van der Waals surface area contributed by atoms with E-state index in [0.29, 0.717) is 19.8 Å². The first kappa shape index (κ1) is 12.0. The topological polar surface area (TPSA) is 62.3 Å². The van der Waals surface area contributed by atoms with E-state index in [1.165, 1.54) is 0 Å². The smallest absolute Gasteiger partial charge is 0.157 e. The van der Waals surface area contributed by atoms with Gasteiger partial charge in [0, 0.05) is 19.7 Å². The van der Waals surface area contributed by atoms with Gasteiger partial charge in [0.25, 0.3) is 0 Å². The molecular formula is C10H19N3O2. The van der Waals surface area contributed by atoms with Crippen molar-refractivity contribution in [3.63, 3.8) is 0 Å². The summed E-state index contributed by atoms with van der Waals surface area (Å²) in [5, 5.41) is 4.10. The first-order chi connectivity index (χ1) is 7.30. The molecule has 0 amide bonds. The summed E-state index contributed by atoms with van der Waals surface area (Å²) in [4.78, 5) is 0. The minimum absolute atomic E-state index is 0.0417. The first-order valence-electron chi connectivity index (χ1n) is 5.27. The second-order valence-electron chi connectivity index (χ2n) is 3.16. The molecule has 0 fully saturated rings. The number of nitrogens with zero attached hydrogens (tertiary/aromatic N) is 2. The zero-order chi connectivity index (χ0) is 11.1. The number of ether oxygens (including phenoxy) is 2. The molecule has 1 rings (SSSR count). The molecule has 0 saturated heterocycles. The van der Waals surface area contributed by atoms with Crippen molar-refractivity contribution in [3.8, 4) is 5.75 Å². The van der Waals surface area contributed by atoms with Gasteiger partial charge in [0.15, 0.2) is 5.75 Å². The Bertz CT molecular complexity index is 275.